The summed E-state index contributed by atoms with van der Waals surface area (Å²) in [6, 6.07) is 0. The third-order valence-corrected chi connectivity index (χ3v) is 20.7. The quantitative estimate of drug-likeness (QED) is 0.0195. The van der Waals surface area contributed by atoms with Gasteiger partial charge in [0.25, 0.3) is 7.82 Å². The summed E-state index contributed by atoms with van der Waals surface area (Å²) in [5.41, 5.74) is 0. The lowest BCUT2D eigenvalue weighted by Crippen LogP contribution is -2.37. The van der Waals surface area contributed by atoms with Crippen LogP contribution in [-0.2, 0) is 32.7 Å². The molecule has 0 aromatic rings. The molecule has 564 valence electrons. The molecule has 0 aromatic carbocycles. The van der Waals surface area contributed by atoms with E-state index in [2.05, 4.69) is 38.2 Å². The fourth-order valence-electron chi connectivity index (χ4n) is 13.2. The smallest absolute Gasteiger partial charge is 0.306 e. The van der Waals surface area contributed by atoms with E-state index >= 15 is 0 Å². The Morgan fingerprint density at radius 3 is 0.832 bits per heavy atom. The zero-order valence-corrected chi connectivity index (χ0v) is 65.6. The first-order valence-corrected chi connectivity index (χ1v) is 44.0. The monoisotopic (exact) mass is 1360 g/mol. The van der Waals surface area contributed by atoms with Crippen molar-refractivity contribution in [3.05, 3.63) is 24.3 Å². The highest BCUT2D eigenvalue weighted by Gasteiger charge is 2.22. The van der Waals surface area contributed by atoms with Crippen LogP contribution in [0.15, 0.2) is 24.3 Å². The first kappa shape index (κ1) is 93.5. The van der Waals surface area contributed by atoms with E-state index in [1.807, 2.05) is 21.1 Å². The Hall–Kier alpha value is -1.51. The third kappa shape index (κ3) is 81.3. The topological polar surface area (TPSA) is 111 Å². The van der Waals surface area contributed by atoms with Gasteiger partial charge in [-0.2, -0.15) is 0 Å². The first-order chi connectivity index (χ1) is 46.5. The molecule has 0 rings (SSSR count). The molecule has 0 saturated carbocycles. The number of phosphoric acid groups is 1. The van der Waals surface area contributed by atoms with E-state index in [1.165, 1.54) is 385 Å². The molecule has 0 aliphatic rings. The molecule has 0 N–H and O–H groups in total. The van der Waals surface area contributed by atoms with Gasteiger partial charge in [0, 0.05) is 12.8 Å². The van der Waals surface area contributed by atoms with Crippen molar-refractivity contribution in [3.8, 4) is 0 Å². The zero-order valence-electron chi connectivity index (χ0n) is 64.7. The highest BCUT2D eigenvalue weighted by molar-refractivity contribution is 7.45. The molecule has 95 heavy (non-hydrogen) atoms. The molecule has 2 unspecified atom stereocenters. The lowest BCUT2D eigenvalue weighted by Gasteiger charge is -2.28. The van der Waals surface area contributed by atoms with Gasteiger partial charge < -0.3 is 27.9 Å². The third-order valence-electron chi connectivity index (χ3n) is 19.7. The van der Waals surface area contributed by atoms with Gasteiger partial charge >= 0.3 is 11.9 Å². The van der Waals surface area contributed by atoms with Crippen molar-refractivity contribution in [2.45, 2.75) is 463 Å². The molecule has 9 nitrogen and oxygen atoms in total. The molecule has 0 saturated heterocycles. The highest BCUT2D eigenvalue weighted by Crippen LogP contribution is 2.38. The molecule has 0 fully saturated rings. The van der Waals surface area contributed by atoms with Crippen LogP contribution >= 0.6 is 7.82 Å². The molecule has 0 aromatic heterocycles. The van der Waals surface area contributed by atoms with Crippen LogP contribution in [0.1, 0.15) is 457 Å². The number of nitrogens with zero attached hydrogens (tertiary/aromatic N) is 1. The van der Waals surface area contributed by atoms with Crippen molar-refractivity contribution in [1.82, 2.24) is 0 Å². The van der Waals surface area contributed by atoms with Crippen LogP contribution in [0, 0.1) is 0 Å². The Kier molecular flexibility index (Phi) is 75.4. The summed E-state index contributed by atoms with van der Waals surface area (Å²) < 4.78 is 34.5. The number of carbonyl (C=O) groups is 2. The number of phosphoric ester groups is 1. The second-order valence-corrected chi connectivity index (χ2v) is 32.0. The summed E-state index contributed by atoms with van der Waals surface area (Å²) in [6.07, 6.45) is 99.1. The number of allylic oxidation sites excluding steroid dienone is 4. The van der Waals surface area contributed by atoms with Crippen molar-refractivity contribution in [2.75, 3.05) is 47.5 Å². The van der Waals surface area contributed by atoms with Crippen LogP contribution in [0.2, 0.25) is 0 Å². The molecule has 0 amide bonds. The summed E-state index contributed by atoms with van der Waals surface area (Å²) in [6.45, 7) is 4.33. The van der Waals surface area contributed by atoms with Gasteiger partial charge in [-0.25, -0.2) is 0 Å². The zero-order chi connectivity index (χ0) is 69.0. The number of hydrogen-bond donors (Lipinski definition) is 0. The van der Waals surface area contributed by atoms with Crippen LogP contribution in [0.3, 0.4) is 0 Å². The number of ether oxygens (including phenoxy) is 2. The van der Waals surface area contributed by atoms with Crippen LogP contribution in [0.4, 0.5) is 0 Å². The number of likely N-dealkylation sites (N-methyl/N-ethyl adjacent to an activating group) is 1. The van der Waals surface area contributed by atoms with Crippen LogP contribution < -0.4 is 4.89 Å². The van der Waals surface area contributed by atoms with E-state index in [0.29, 0.717) is 17.4 Å². The second kappa shape index (κ2) is 76.7. The fraction of sp³-hybridized carbons (Fsp3) is 0.929. The van der Waals surface area contributed by atoms with Crippen molar-refractivity contribution in [1.29, 1.82) is 0 Å². The summed E-state index contributed by atoms with van der Waals surface area (Å²) in [5.74, 6) is -0.803. The predicted octanol–water partition coefficient (Wildman–Crippen LogP) is 27.7. The molecule has 0 spiro atoms. The van der Waals surface area contributed by atoms with Crippen molar-refractivity contribution >= 4 is 19.8 Å². The average molecular weight is 1360 g/mol. The maximum atomic E-state index is 12.9. The molecule has 2 atom stereocenters. The number of rotatable bonds is 81. The van der Waals surface area contributed by atoms with Gasteiger partial charge in [0.05, 0.1) is 27.7 Å². The molecular weight excluding hydrogens is 1190 g/mol. The Bertz CT molecular complexity index is 1650. The molecule has 0 aliphatic heterocycles. The normalized spacial score (nSPS) is 13.0. The number of unbranched alkanes of at least 4 members (excludes halogenated alkanes) is 63. The van der Waals surface area contributed by atoms with E-state index < -0.39 is 26.5 Å². The molecule has 0 bridgehead atoms. The van der Waals surface area contributed by atoms with Crippen molar-refractivity contribution < 1.29 is 42.1 Å². The average Bonchev–Trinajstić information content (AvgIpc) is 1.80. The van der Waals surface area contributed by atoms with E-state index in [9.17, 15) is 19.0 Å². The minimum atomic E-state index is -4.64. The van der Waals surface area contributed by atoms with Gasteiger partial charge in [-0.15, -0.1) is 0 Å². The first-order valence-electron chi connectivity index (χ1n) is 42.5. The number of hydrogen-bond acceptors (Lipinski definition) is 8. The SMILES string of the molecule is CCCCCCC/C=C\C/C=C\CCCCCCCCCCCCCCCCCCCCCCCC(=O)OC(COC(=O)CCCCCCCCCCCCCCCCCCCCCCCCCCCCCCCCCCCCCCCC)COP(=O)([O-])OCC[N+](C)(C)C. The summed E-state index contributed by atoms with van der Waals surface area (Å²) in [7, 11) is 1.20. The van der Waals surface area contributed by atoms with Gasteiger partial charge in [-0.1, -0.05) is 423 Å². The molecule has 10 heteroatoms. The maximum absolute atomic E-state index is 12.9. The molecule has 0 heterocycles. The Labute approximate surface area is 593 Å². The van der Waals surface area contributed by atoms with Crippen LogP contribution in [0.5, 0.6) is 0 Å². The maximum Gasteiger partial charge on any atom is 0.306 e. The number of carbonyl (C=O) groups excluding carboxylic acids is 2. The minimum Gasteiger partial charge on any atom is -0.756 e. The Balaban J connectivity index is 3.86. The Morgan fingerprint density at radius 1 is 0.326 bits per heavy atom. The van der Waals surface area contributed by atoms with Crippen molar-refractivity contribution in [2.24, 2.45) is 0 Å². The van der Waals surface area contributed by atoms with Gasteiger partial charge in [-0.05, 0) is 44.9 Å². The standard InChI is InChI=1S/C85H166NO8P/c1-6-8-10-12-14-16-18-20-22-24-26-28-30-32-34-36-38-40-41-42-43-44-46-47-49-51-53-55-57-59-61-63-65-67-69-71-73-75-77-84(87)91-81-83(82-93-95(89,90)92-80-79-86(3,4)5)94-85(88)78-76-74-72-70-68-66-64-62-60-58-56-54-52-50-48-45-39-37-35-33-31-29-27-25-23-21-19-17-15-13-11-9-7-2/h19,21,25,27,83H,6-18,20,22-24,26,28-82H2,1-5H3/b21-19-,27-25-. The van der Waals surface area contributed by atoms with Gasteiger partial charge in [0.1, 0.15) is 19.8 Å². The van der Waals surface area contributed by atoms with Gasteiger partial charge in [0.15, 0.2) is 6.10 Å². The van der Waals surface area contributed by atoms with Crippen LogP contribution in [-0.4, -0.2) is 70.0 Å². The van der Waals surface area contributed by atoms with Gasteiger partial charge in [-0.3, -0.25) is 14.2 Å². The van der Waals surface area contributed by atoms with E-state index in [1.54, 1.807) is 0 Å². The van der Waals surface area contributed by atoms with Crippen molar-refractivity contribution in [3.63, 3.8) is 0 Å². The number of esters is 2. The molecule has 0 radical (unpaired) electrons. The molecular formula is C85H166NO8P. The summed E-state index contributed by atoms with van der Waals surface area (Å²) in [4.78, 5) is 38.2. The molecule has 0 aliphatic carbocycles. The largest absolute Gasteiger partial charge is 0.756 e. The highest BCUT2D eigenvalue weighted by atomic mass is 31.2. The fourth-order valence-corrected chi connectivity index (χ4v) is 14.0. The second-order valence-electron chi connectivity index (χ2n) is 30.6. The van der Waals surface area contributed by atoms with E-state index in [-0.39, 0.29) is 32.0 Å². The van der Waals surface area contributed by atoms with Gasteiger partial charge in [0.2, 0.25) is 0 Å². The van der Waals surface area contributed by atoms with E-state index in [4.69, 9.17) is 18.5 Å². The minimum absolute atomic E-state index is 0.0263. The van der Waals surface area contributed by atoms with E-state index in [0.717, 1.165) is 38.5 Å². The lowest BCUT2D eigenvalue weighted by molar-refractivity contribution is -0.870. The summed E-state index contributed by atoms with van der Waals surface area (Å²) >= 11 is 0. The Morgan fingerprint density at radius 2 is 0.568 bits per heavy atom. The van der Waals surface area contributed by atoms with Crippen LogP contribution in [0.25, 0.3) is 0 Å². The summed E-state index contributed by atoms with van der Waals surface area (Å²) in [5, 5.41) is 0. The predicted molar refractivity (Wildman–Crippen MR) is 411 cm³/mol. The number of quaternary nitrogens is 1. The lowest BCUT2D eigenvalue weighted by atomic mass is 10.0.